The van der Waals surface area contributed by atoms with Crippen LogP contribution >= 0.6 is 0 Å². The van der Waals surface area contributed by atoms with Gasteiger partial charge >= 0.3 is 5.97 Å². The molecule has 0 saturated carbocycles. The summed E-state index contributed by atoms with van der Waals surface area (Å²) >= 11 is 0. The molecule has 0 amide bonds. The molecule has 0 bridgehead atoms. The summed E-state index contributed by atoms with van der Waals surface area (Å²) < 4.78 is 22.3. The van der Waals surface area contributed by atoms with Gasteiger partial charge in [-0.2, -0.15) is 0 Å². The molecule has 2 aromatic rings. The first kappa shape index (κ1) is 23.7. The number of esters is 1. The molecule has 3 atom stereocenters. The first-order chi connectivity index (χ1) is 15.3. The lowest BCUT2D eigenvalue weighted by Crippen LogP contribution is -2.25. The molecule has 1 heterocycles. The molecule has 32 heavy (non-hydrogen) atoms. The van der Waals surface area contributed by atoms with Crippen LogP contribution < -0.4 is 9.47 Å². The second-order valence-corrected chi connectivity index (χ2v) is 8.60. The third-order valence-electron chi connectivity index (χ3n) is 5.77. The number of hydrogen-bond acceptors (Lipinski definition) is 7. The summed E-state index contributed by atoms with van der Waals surface area (Å²) in [4.78, 5) is 12.2. The fourth-order valence-corrected chi connectivity index (χ4v) is 4.10. The van der Waals surface area contributed by atoms with Crippen molar-refractivity contribution in [1.29, 1.82) is 0 Å². The number of ether oxygens (including phenoxy) is 4. The molecule has 2 N–H and O–H groups in total. The lowest BCUT2D eigenvalue weighted by Gasteiger charge is -2.24. The van der Waals surface area contributed by atoms with Crippen LogP contribution in [0.15, 0.2) is 36.4 Å². The van der Waals surface area contributed by atoms with Crippen LogP contribution in [-0.4, -0.2) is 43.6 Å². The van der Waals surface area contributed by atoms with Crippen molar-refractivity contribution >= 4 is 5.97 Å². The van der Waals surface area contributed by atoms with E-state index in [0.29, 0.717) is 30.9 Å². The second kappa shape index (κ2) is 10.6. The molecule has 0 aromatic heterocycles. The van der Waals surface area contributed by atoms with Gasteiger partial charge in [-0.15, -0.1) is 0 Å². The van der Waals surface area contributed by atoms with Gasteiger partial charge in [0.15, 0.2) is 23.0 Å². The van der Waals surface area contributed by atoms with E-state index in [1.165, 1.54) is 14.2 Å². The second-order valence-electron chi connectivity index (χ2n) is 8.60. The minimum atomic E-state index is -0.305. The third-order valence-corrected chi connectivity index (χ3v) is 5.77. The molecule has 3 rings (SSSR count). The Bertz CT molecular complexity index is 925. The number of methoxy groups -OCH3 is 2. The Hall–Kier alpha value is -2.93. The van der Waals surface area contributed by atoms with Gasteiger partial charge in [0, 0.05) is 12.3 Å². The van der Waals surface area contributed by atoms with Gasteiger partial charge in [-0.1, -0.05) is 26.0 Å². The van der Waals surface area contributed by atoms with E-state index in [2.05, 4.69) is 0 Å². The number of carbonyl (C=O) groups is 1. The summed E-state index contributed by atoms with van der Waals surface area (Å²) in [5.41, 5.74) is 1.85. The molecule has 0 aliphatic carbocycles. The van der Waals surface area contributed by atoms with Gasteiger partial charge in [0.05, 0.1) is 33.5 Å². The monoisotopic (exact) mass is 444 g/mol. The number of hydrogen-bond donors (Lipinski definition) is 2. The van der Waals surface area contributed by atoms with Gasteiger partial charge in [0.1, 0.15) is 0 Å². The molecule has 1 aliphatic rings. The van der Waals surface area contributed by atoms with Crippen molar-refractivity contribution in [2.24, 2.45) is 17.8 Å². The highest BCUT2D eigenvalue weighted by atomic mass is 16.5. The molecule has 1 saturated heterocycles. The van der Waals surface area contributed by atoms with Crippen LogP contribution in [0.4, 0.5) is 0 Å². The van der Waals surface area contributed by atoms with Gasteiger partial charge in [-0.05, 0) is 53.6 Å². The van der Waals surface area contributed by atoms with E-state index in [1.54, 1.807) is 24.3 Å². The standard InChI is InChI=1S/C25H32O7/c1-15(2)9-24(28)31-14-19-18(10-16-5-7-20(26)22(11-16)29-3)13-32-25(19)17-6-8-21(27)23(12-17)30-4/h5-8,11-12,15,18-19,25-27H,9-10,13-14H2,1-4H3. The van der Waals surface area contributed by atoms with Gasteiger partial charge in [0.25, 0.3) is 0 Å². The zero-order valence-corrected chi connectivity index (χ0v) is 19.0. The molecule has 1 aliphatic heterocycles. The maximum absolute atomic E-state index is 12.2. The summed E-state index contributed by atoms with van der Waals surface area (Å²) in [7, 11) is 3.02. The topological polar surface area (TPSA) is 94.5 Å². The van der Waals surface area contributed by atoms with Gasteiger partial charge in [-0.3, -0.25) is 4.79 Å². The fraction of sp³-hybridized carbons (Fsp3) is 0.480. The Morgan fingerprint density at radius 1 is 1.06 bits per heavy atom. The Kier molecular flexibility index (Phi) is 7.85. The van der Waals surface area contributed by atoms with Crippen LogP contribution in [0.1, 0.15) is 37.5 Å². The van der Waals surface area contributed by atoms with Crippen molar-refractivity contribution in [1.82, 2.24) is 0 Å². The molecule has 174 valence electrons. The quantitative estimate of drug-likeness (QED) is 0.558. The third kappa shape index (κ3) is 5.65. The highest BCUT2D eigenvalue weighted by Crippen LogP contribution is 2.43. The summed E-state index contributed by atoms with van der Waals surface area (Å²) in [6.45, 7) is 4.68. The number of benzene rings is 2. The number of rotatable bonds is 9. The van der Waals surface area contributed by atoms with Crippen molar-refractivity contribution in [2.45, 2.75) is 32.8 Å². The maximum atomic E-state index is 12.2. The van der Waals surface area contributed by atoms with E-state index < -0.39 is 0 Å². The Morgan fingerprint density at radius 3 is 2.38 bits per heavy atom. The minimum absolute atomic E-state index is 0.0573. The minimum Gasteiger partial charge on any atom is -0.504 e. The maximum Gasteiger partial charge on any atom is 0.306 e. The molecule has 7 heteroatoms. The molecular formula is C25H32O7. The van der Waals surface area contributed by atoms with Crippen LogP contribution in [-0.2, 0) is 20.7 Å². The summed E-state index contributed by atoms with van der Waals surface area (Å²) in [5, 5.41) is 19.8. The van der Waals surface area contributed by atoms with Crippen molar-refractivity contribution < 1.29 is 34.0 Å². The molecular weight excluding hydrogens is 412 g/mol. The average molecular weight is 445 g/mol. The first-order valence-electron chi connectivity index (χ1n) is 10.8. The van der Waals surface area contributed by atoms with E-state index in [1.807, 2.05) is 26.0 Å². The largest absolute Gasteiger partial charge is 0.504 e. The predicted molar refractivity (Wildman–Crippen MR) is 119 cm³/mol. The summed E-state index contributed by atoms with van der Waals surface area (Å²) in [5.74, 6) is 0.934. The predicted octanol–water partition coefficient (Wildman–Crippen LogP) is 4.25. The summed E-state index contributed by atoms with van der Waals surface area (Å²) in [6.07, 6.45) is 0.736. The fourth-order valence-electron chi connectivity index (χ4n) is 4.10. The van der Waals surface area contributed by atoms with E-state index in [0.717, 1.165) is 11.1 Å². The lowest BCUT2D eigenvalue weighted by molar-refractivity contribution is -0.146. The first-order valence-corrected chi connectivity index (χ1v) is 10.8. The molecule has 0 spiro atoms. The Morgan fingerprint density at radius 2 is 1.72 bits per heavy atom. The molecule has 1 fully saturated rings. The molecule has 2 aromatic carbocycles. The number of phenols is 2. The summed E-state index contributed by atoms with van der Waals surface area (Å²) in [6, 6.07) is 10.4. The zero-order chi connectivity index (χ0) is 23.3. The smallest absolute Gasteiger partial charge is 0.306 e. The van der Waals surface area contributed by atoms with E-state index in [9.17, 15) is 15.0 Å². The van der Waals surface area contributed by atoms with E-state index >= 15 is 0 Å². The van der Waals surface area contributed by atoms with Crippen molar-refractivity contribution in [3.63, 3.8) is 0 Å². The highest BCUT2D eigenvalue weighted by molar-refractivity contribution is 5.69. The van der Waals surface area contributed by atoms with Crippen LogP contribution in [0.25, 0.3) is 0 Å². The zero-order valence-electron chi connectivity index (χ0n) is 19.0. The normalized spacial score (nSPS) is 20.3. The number of carbonyl (C=O) groups excluding carboxylic acids is 1. The highest BCUT2D eigenvalue weighted by Gasteiger charge is 2.39. The van der Waals surface area contributed by atoms with Crippen molar-refractivity contribution in [2.75, 3.05) is 27.4 Å². The van der Waals surface area contributed by atoms with Gasteiger partial charge in [-0.25, -0.2) is 0 Å². The van der Waals surface area contributed by atoms with E-state index in [4.69, 9.17) is 18.9 Å². The van der Waals surface area contributed by atoms with Crippen LogP contribution in [0, 0.1) is 17.8 Å². The SMILES string of the molecule is COc1cc(CC2COC(c3ccc(O)c(OC)c3)C2COC(=O)CC(C)C)ccc1O. The number of aromatic hydroxyl groups is 2. The van der Waals surface area contributed by atoms with Crippen molar-refractivity contribution in [3.8, 4) is 23.0 Å². The lowest BCUT2D eigenvalue weighted by atomic mass is 9.84. The van der Waals surface area contributed by atoms with Gasteiger partial charge in [0.2, 0.25) is 0 Å². The number of phenolic OH excluding ortho intramolecular Hbond substituents is 2. The van der Waals surface area contributed by atoms with Crippen LogP contribution in [0.3, 0.4) is 0 Å². The van der Waals surface area contributed by atoms with Crippen molar-refractivity contribution in [3.05, 3.63) is 47.5 Å². The Labute approximate surface area is 188 Å². The van der Waals surface area contributed by atoms with Crippen LogP contribution in [0.2, 0.25) is 0 Å². The van der Waals surface area contributed by atoms with Crippen LogP contribution in [0.5, 0.6) is 23.0 Å². The molecule has 0 radical (unpaired) electrons. The Balaban J connectivity index is 1.83. The molecule has 3 unspecified atom stereocenters. The van der Waals surface area contributed by atoms with E-state index in [-0.39, 0.29) is 47.9 Å². The average Bonchev–Trinajstić information content (AvgIpc) is 3.15. The van der Waals surface area contributed by atoms with Gasteiger partial charge < -0.3 is 29.2 Å². The molecule has 7 nitrogen and oxygen atoms in total.